The van der Waals surface area contributed by atoms with Gasteiger partial charge in [0, 0.05) is 0 Å². The molecule has 0 saturated carbocycles. The molecule has 0 aliphatic carbocycles. The predicted molar refractivity (Wildman–Crippen MR) is 47.7 cm³/mol. The molecule has 12 heavy (non-hydrogen) atoms. The third-order valence-corrected chi connectivity index (χ3v) is 2.13. The van der Waals surface area contributed by atoms with Gasteiger partial charge in [-0.2, -0.15) is 4.37 Å². The fraction of sp³-hybridized carbons (Fsp3) is 0.250. The summed E-state index contributed by atoms with van der Waals surface area (Å²) in [5.41, 5.74) is 4.91. The second-order valence-corrected chi connectivity index (χ2v) is 4.82. The molecule has 0 aliphatic rings. The number of carbonyl (C=O) groups is 1. The van der Waals surface area contributed by atoms with Crippen LogP contribution in [0.3, 0.4) is 0 Å². The molecule has 0 radical (unpaired) electrons. The summed E-state index contributed by atoms with van der Waals surface area (Å²) in [6.07, 6.45) is 0. The van der Waals surface area contributed by atoms with E-state index in [-0.39, 0.29) is 10.8 Å². The average molecular weight is 247 g/mol. The third kappa shape index (κ3) is 2.20. The van der Waals surface area contributed by atoms with Gasteiger partial charge >= 0.3 is 0 Å². The van der Waals surface area contributed by atoms with Crippen LogP contribution in [-0.4, -0.2) is 15.3 Å². The maximum absolute atomic E-state index is 10.5. The Morgan fingerprint density at radius 3 is 2.33 bits per heavy atom. The van der Waals surface area contributed by atoms with E-state index < -0.39 is 9.70 Å². The minimum atomic E-state index is -1.70. The number of primary amides is 1. The average Bonchev–Trinajstić information content (AvgIpc) is 2.30. The van der Waals surface area contributed by atoms with E-state index in [4.69, 9.17) is 40.5 Å². The van der Waals surface area contributed by atoms with E-state index in [0.717, 1.165) is 11.5 Å². The molecule has 0 bridgehead atoms. The summed E-state index contributed by atoms with van der Waals surface area (Å²) in [4.78, 5) is 14.2. The lowest BCUT2D eigenvalue weighted by Gasteiger charge is -2.02. The predicted octanol–water partition coefficient (Wildman–Crippen LogP) is 1.46. The molecule has 1 heterocycles. The summed E-state index contributed by atoms with van der Waals surface area (Å²) in [7, 11) is 0. The first-order chi connectivity index (χ1) is 5.41. The van der Waals surface area contributed by atoms with Crippen molar-refractivity contribution in [3.05, 3.63) is 10.8 Å². The van der Waals surface area contributed by atoms with E-state index in [9.17, 15) is 4.79 Å². The molecule has 1 amide bonds. The Labute approximate surface area is 86.8 Å². The molecule has 8 heteroatoms. The number of nitrogens with zero attached hydrogens (tertiary/aromatic N) is 2. The lowest BCUT2D eigenvalue weighted by atomic mass is 10.6. The van der Waals surface area contributed by atoms with Crippen LogP contribution in [0.4, 0.5) is 0 Å². The normalized spacial score (nSPS) is 11.6. The van der Waals surface area contributed by atoms with Crippen LogP contribution in [0.1, 0.15) is 15.6 Å². The Kier molecular flexibility index (Phi) is 2.77. The number of amides is 1. The van der Waals surface area contributed by atoms with Crippen LogP contribution in [-0.2, 0) is 3.79 Å². The largest absolute Gasteiger partial charge is 0.363 e. The minimum Gasteiger partial charge on any atom is -0.363 e. The van der Waals surface area contributed by atoms with Crippen LogP contribution in [0, 0.1) is 0 Å². The molecule has 1 aromatic heterocycles. The number of alkyl halides is 3. The molecule has 0 fully saturated rings. The SMILES string of the molecule is NC(=O)c1nc(C(Cl)(Cl)Cl)ns1. The lowest BCUT2D eigenvalue weighted by Crippen LogP contribution is -2.11. The summed E-state index contributed by atoms with van der Waals surface area (Å²) >= 11 is 17.1. The van der Waals surface area contributed by atoms with Crippen molar-refractivity contribution in [3.8, 4) is 0 Å². The highest BCUT2D eigenvalue weighted by molar-refractivity contribution is 7.07. The topological polar surface area (TPSA) is 68.9 Å². The highest BCUT2D eigenvalue weighted by Gasteiger charge is 2.28. The zero-order valence-corrected chi connectivity index (χ0v) is 8.51. The number of hydrogen-bond donors (Lipinski definition) is 1. The third-order valence-electron chi connectivity index (χ3n) is 0.890. The first-order valence-electron chi connectivity index (χ1n) is 2.62. The highest BCUT2D eigenvalue weighted by atomic mass is 35.6. The van der Waals surface area contributed by atoms with Crippen molar-refractivity contribution in [1.29, 1.82) is 0 Å². The summed E-state index contributed by atoms with van der Waals surface area (Å²) in [5, 5.41) is 0.0244. The van der Waals surface area contributed by atoms with Crippen molar-refractivity contribution >= 4 is 52.2 Å². The van der Waals surface area contributed by atoms with Crippen LogP contribution in [0.25, 0.3) is 0 Å². The van der Waals surface area contributed by atoms with Crippen LogP contribution >= 0.6 is 46.3 Å². The van der Waals surface area contributed by atoms with Crippen molar-refractivity contribution in [1.82, 2.24) is 9.36 Å². The van der Waals surface area contributed by atoms with E-state index in [0.29, 0.717) is 0 Å². The number of hydrogen-bond acceptors (Lipinski definition) is 4. The molecule has 0 spiro atoms. The summed E-state index contributed by atoms with van der Waals surface area (Å²) in [5.74, 6) is -0.723. The molecule has 4 nitrogen and oxygen atoms in total. The standard InChI is InChI=1S/C4H2Cl3N3OS/c5-4(6,7)3-9-2(1(8)11)12-10-3/h(H2,8,11). The number of halogens is 3. The monoisotopic (exact) mass is 245 g/mol. The van der Waals surface area contributed by atoms with Crippen molar-refractivity contribution in [2.45, 2.75) is 3.79 Å². The van der Waals surface area contributed by atoms with Gasteiger partial charge in [0.1, 0.15) is 0 Å². The van der Waals surface area contributed by atoms with Crippen molar-refractivity contribution in [3.63, 3.8) is 0 Å². The van der Waals surface area contributed by atoms with Gasteiger partial charge in [0.15, 0.2) is 5.82 Å². The van der Waals surface area contributed by atoms with Crippen LogP contribution in [0.15, 0.2) is 0 Å². The number of rotatable bonds is 1. The Hall–Kier alpha value is -0.100. The second kappa shape index (κ2) is 3.33. The van der Waals surface area contributed by atoms with Gasteiger partial charge in [-0.1, -0.05) is 34.8 Å². The van der Waals surface area contributed by atoms with Crippen molar-refractivity contribution < 1.29 is 4.79 Å². The van der Waals surface area contributed by atoms with Gasteiger partial charge in [0.25, 0.3) is 9.70 Å². The Balaban J connectivity index is 3.00. The van der Waals surface area contributed by atoms with Gasteiger partial charge in [0.2, 0.25) is 5.01 Å². The van der Waals surface area contributed by atoms with Gasteiger partial charge in [-0.25, -0.2) is 4.98 Å². The maximum Gasteiger partial charge on any atom is 0.279 e. The first kappa shape index (κ1) is 9.98. The molecular weight excluding hydrogens is 244 g/mol. The first-order valence-corrected chi connectivity index (χ1v) is 4.52. The second-order valence-electron chi connectivity index (χ2n) is 1.79. The van der Waals surface area contributed by atoms with Crippen molar-refractivity contribution in [2.75, 3.05) is 0 Å². The van der Waals surface area contributed by atoms with Crippen molar-refractivity contribution in [2.24, 2.45) is 5.73 Å². The molecule has 0 aromatic carbocycles. The highest BCUT2D eigenvalue weighted by Crippen LogP contribution is 2.36. The zero-order chi connectivity index (χ0) is 9.35. The van der Waals surface area contributed by atoms with Crippen LogP contribution in [0.5, 0.6) is 0 Å². The molecule has 2 N–H and O–H groups in total. The lowest BCUT2D eigenvalue weighted by molar-refractivity contribution is 0.1000. The van der Waals surface area contributed by atoms with E-state index in [1.165, 1.54) is 0 Å². The van der Waals surface area contributed by atoms with Gasteiger partial charge in [-0.05, 0) is 11.5 Å². The van der Waals surface area contributed by atoms with Gasteiger partial charge in [-0.3, -0.25) is 4.79 Å². The minimum absolute atomic E-state index is 0.0244. The van der Waals surface area contributed by atoms with Gasteiger partial charge in [0.05, 0.1) is 0 Å². The number of nitrogens with two attached hydrogens (primary N) is 1. The van der Waals surface area contributed by atoms with E-state index in [1.807, 2.05) is 0 Å². The van der Waals surface area contributed by atoms with E-state index in [2.05, 4.69) is 9.36 Å². The zero-order valence-electron chi connectivity index (χ0n) is 5.42. The Morgan fingerprint density at radius 2 is 2.08 bits per heavy atom. The van der Waals surface area contributed by atoms with Gasteiger partial charge < -0.3 is 5.73 Å². The fourth-order valence-corrected chi connectivity index (χ4v) is 1.41. The molecule has 0 saturated heterocycles. The van der Waals surface area contributed by atoms with Crippen LogP contribution < -0.4 is 5.73 Å². The van der Waals surface area contributed by atoms with E-state index in [1.54, 1.807) is 0 Å². The molecular formula is C4H2Cl3N3OS. The molecule has 0 atom stereocenters. The summed E-state index contributed by atoms with van der Waals surface area (Å²) in [6.45, 7) is 0. The molecule has 0 aliphatic heterocycles. The molecule has 1 rings (SSSR count). The fourth-order valence-electron chi connectivity index (χ4n) is 0.439. The van der Waals surface area contributed by atoms with E-state index >= 15 is 0 Å². The summed E-state index contributed by atoms with van der Waals surface area (Å²) < 4.78 is 1.94. The Morgan fingerprint density at radius 1 is 1.50 bits per heavy atom. The molecule has 1 aromatic rings. The number of aromatic nitrogens is 2. The summed E-state index contributed by atoms with van der Waals surface area (Å²) in [6, 6.07) is 0. The maximum atomic E-state index is 10.5. The van der Waals surface area contributed by atoms with Crippen LogP contribution in [0.2, 0.25) is 0 Å². The smallest absolute Gasteiger partial charge is 0.279 e. The Bertz CT molecular complexity index is 307. The number of carbonyl (C=O) groups excluding carboxylic acids is 1. The van der Waals surface area contributed by atoms with Gasteiger partial charge in [-0.15, -0.1) is 0 Å². The molecule has 66 valence electrons. The quantitative estimate of drug-likeness (QED) is 0.763. The molecule has 0 unspecified atom stereocenters.